The maximum atomic E-state index is 13.3. The Morgan fingerprint density at radius 2 is 1.74 bits per heavy atom. The summed E-state index contributed by atoms with van der Waals surface area (Å²) in [6.45, 7) is 8.42. The van der Waals surface area contributed by atoms with Gasteiger partial charge in [0, 0.05) is 25.7 Å². The zero-order chi connectivity index (χ0) is 23.0. The maximum Gasteiger partial charge on any atom is 0.318 e. The molecule has 7 nitrogen and oxygen atoms in total. The van der Waals surface area contributed by atoms with E-state index in [4.69, 9.17) is 9.15 Å². The molecule has 0 saturated heterocycles. The number of carbonyl (C=O) groups excluding carboxylic acids is 2. The Morgan fingerprint density at radius 3 is 2.29 bits per heavy atom. The molecular formula is C23H32FN3O4. The van der Waals surface area contributed by atoms with E-state index >= 15 is 0 Å². The average molecular weight is 434 g/mol. The summed E-state index contributed by atoms with van der Waals surface area (Å²) in [7, 11) is 1.54. The fourth-order valence-corrected chi connectivity index (χ4v) is 2.92. The van der Waals surface area contributed by atoms with Crippen molar-refractivity contribution in [1.82, 2.24) is 15.1 Å². The summed E-state index contributed by atoms with van der Waals surface area (Å²) >= 11 is 0. The lowest BCUT2D eigenvalue weighted by Gasteiger charge is -2.30. The zero-order valence-corrected chi connectivity index (χ0v) is 18.9. The van der Waals surface area contributed by atoms with E-state index in [1.54, 1.807) is 24.1 Å². The summed E-state index contributed by atoms with van der Waals surface area (Å²) in [6.07, 6.45) is 0. The van der Waals surface area contributed by atoms with E-state index in [9.17, 15) is 14.0 Å². The van der Waals surface area contributed by atoms with Crippen molar-refractivity contribution >= 4 is 11.9 Å². The fourth-order valence-electron chi connectivity index (χ4n) is 2.92. The number of benzene rings is 1. The average Bonchev–Trinajstić information content (AvgIpc) is 3.09. The van der Waals surface area contributed by atoms with Gasteiger partial charge in [0.05, 0.1) is 13.2 Å². The number of halogens is 1. The first-order valence-electron chi connectivity index (χ1n) is 10.2. The lowest BCUT2D eigenvalue weighted by atomic mass is 10.1. The Labute approximate surface area is 183 Å². The van der Waals surface area contributed by atoms with Crippen molar-refractivity contribution in [3.05, 3.63) is 59.3 Å². The summed E-state index contributed by atoms with van der Waals surface area (Å²) in [4.78, 5) is 29.0. The number of nitrogens with zero attached hydrogens (tertiary/aromatic N) is 2. The second-order valence-corrected chi connectivity index (χ2v) is 8.48. The van der Waals surface area contributed by atoms with Crippen LogP contribution >= 0.6 is 0 Å². The quantitative estimate of drug-likeness (QED) is 0.654. The van der Waals surface area contributed by atoms with Gasteiger partial charge in [-0.15, -0.1) is 0 Å². The first-order valence-corrected chi connectivity index (χ1v) is 10.2. The van der Waals surface area contributed by atoms with Crippen molar-refractivity contribution < 1.29 is 23.1 Å². The van der Waals surface area contributed by atoms with Crippen molar-refractivity contribution in [1.29, 1.82) is 0 Å². The number of amides is 3. The van der Waals surface area contributed by atoms with Crippen molar-refractivity contribution in [2.45, 2.75) is 46.3 Å². The first kappa shape index (κ1) is 24.4. The SMILES string of the molecule is COCCN(CC(=O)N(Cc1ccc(F)cc1)Cc1ccc(C)o1)C(=O)NC(C)(C)C. The molecule has 8 heteroatoms. The van der Waals surface area contributed by atoms with Crippen LogP contribution in [0.15, 0.2) is 40.8 Å². The minimum absolute atomic E-state index is 0.119. The molecule has 1 aromatic heterocycles. The van der Waals surface area contributed by atoms with Gasteiger partial charge in [-0.05, 0) is 57.5 Å². The van der Waals surface area contributed by atoms with Crippen LogP contribution in [0.25, 0.3) is 0 Å². The van der Waals surface area contributed by atoms with Crippen LogP contribution in [0.5, 0.6) is 0 Å². The van der Waals surface area contributed by atoms with Gasteiger partial charge in [0.2, 0.25) is 5.91 Å². The summed E-state index contributed by atoms with van der Waals surface area (Å²) in [5.41, 5.74) is 0.339. The number of hydrogen-bond acceptors (Lipinski definition) is 4. The smallest absolute Gasteiger partial charge is 0.318 e. The number of nitrogens with one attached hydrogen (secondary N) is 1. The highest BCUT2D eigenvalue weighted by Gasteiger charge is 2.25. The van der Waals surface area contributed by atoms with E-state index in [1.165, 1.54) is 17.0 Å². The highest BCUT2D eigenvalue weighted by Crippen LogP contribution is 2.14. The van der Waals surface area contributed by atoms with Crippen molar-refractivity contribution in [2.75, 3.05) is 26.8 Å². The molecule has 3 amide bonds. The zero-order valence-electron chi connectivity index (χ0n) is 18.9. The van der Waals surface area contributed by atoms with Crippen LogP contribution in [-0.2, 0) is 22.6 Å². The van der Waals surface area contributed by atoms with Gasteiger partial charge >= 0.3 is 6.03 Å². The number of methoxy groups -OCH3 is 1. The van der Waals surface area contributed by atoms with E-state index in [0.717, 1.165) is 11.3 Å². The molecule has 0 aliphatic rings. The van der Waals surface area contributed by atoms with E-state index < -0.39 is 5.54 Å². The van der Waals surface area contributed by atoms with Gasteiger partial charge in [-0.2, -0.15) is 0 Å². The summed E-state index contributed by atoms with van der Waals surface area (Å²) in [5, 5.41) is 2.88. The van der Waals surface area contributed by atoms with E-state index in [2.05, 4.69) is 5.32 Å². The molecular weight excluding hydrogens is 401 g/mol. The number of aryl methyl sites for hydroxylation is 1. The second-order valence-electron chi connectivity index (χ2n) is 8.48. The molecule has 31 heavy (non-hydrogen) atoms. The molecule has 0 radical (unpaired) electrons. The Kier molecular flexibility index (Phi) is 8.62. The Morgan fingerprint density at radius 1 is 1.06 bits per heavy atom. The Bertz CT molecular complexity index is 858. The highest BCUT2D eigenvalue weighted by atomic mass is 19.1. The minimum atomic E-state index is -0.440. The standard InChI is InChI=1S/C23H32FN3O4/c1-17-6-11-20(31-17)15-27(14-18-7-9-19(24)10-8-18)21(28)16-26(12-13-30-5)22(29)25-23(2,3)4/h6-11H,12-16H2,1-5H3,(H,25,29). The largest absolute Gasteiger partial charge is 0.464 e. The molecule has 0 aliphatic carbocycles. The van der Waals surface area contributed by atoms with Crippen LogP contribution in [0.1, 0.15) is 37.9 Å². The summed E-state index contributed by atoms with van der Waals surface area (Å²) < 4.78 is 24.0. The molecule has 0 fully saturated rings. The van der Waals surface area contributed by atoms with Crippen LogP contribution < -0.4 is 5.32 Å². The lowest BCUT2D eigenvalue weighted by molar-refractivity contribution is -0.133. The summed E-state index contributed by atoms with van der Waals surface area (Å²) in [6, 6.07) is 9.30. The van der Waals surface area contributed by atoms with Crippen LogP contribution in [0.4, 0.5) is 9.18 Å². The molecule has 0 bridgehead atoms. The van der Waals surface area contributed by atoms with Gasteiger partial charge in [0.25, 0.3) is 0 Å². The molecule has 170 valence electrons. The fraction of sp³-hybridized carbons (Fsp3) is 0.478. The highest BCUT2D eigenvalue weighted by molar-refractivity contribution is 5.84. The molecule has 0 saturated carbocycles. The van der Waals surface area contributed by atoms with Crippen molar-refractivity contribution in [3.8, 4) is 0 Å². The molecule has 2 aromatic rings. The molecule has 0 spiro atoms. The third-order valence-electron chi connectivity index (χ3n) is 4.44. The third kappa shape index (κ3) is 8.41. The predicted octanol–water partition coefficient (Wildman–Crippen LogP) is 3.71. The monoisotopic (exact) mass is 433 g/mol. The van der Waals surface area contributed by atoms with Gasteiger partial charge in [0.15, 0.2) is 0 Å². The van der Waals surface area contributed by atoms with Crippen molar-refractivity contribution in [2.24, 2.45) is 0 Å². The Hall–Kier alpha value is -2.87. The number of rotatable bonds is 9. The molecule has 2 rings (SSSR count). The van der Waals surface area contributed by atoms with E-state index in [1.807, 2.05) is 39.8 Å². The third-order valence-corrected chi connectivity index (χ3v) is 4.44. The number of hydrogen-bond donors (Lipinski definition) is 1. The predicted molar refractivity (Wildman–Crippen MR) is 116 cm³/mol. The van der Waals surface area contributed by atoms with Crippen LogP contribution in [0.3, 0.4) is 0 Å². The van der Waals surface area contributed by atoms with Gasteiger partial charge < -0.3 is 24.3 Å². The van der Waals surface area contributed by atoms with Crippen LogP contribution in [-0.4, -0.2) is 54.1 Å². The molecule has 0 unspecified atom stereocenters. The molecule has 1 N–H and O–H groups in total. The molecule has 0 aliphatic heterocycles. The number of furan rings is 1. The van der Waals surface area contributed by atoms with Crippen LogP contribution in [0, 0.1) is 12.7 Å². The van der Waals surface area contributed by atoms with Gasteiger partial charge in [-0.1, -0.05) is 12.1 Å². The van der Waals surface area contributed by atoms with Gasteiger partial charge in [0.1, 0.15) is 23.9 Å². The maximum absolute atomic E-state index is 13.3. The topological polar surface area (TPSA) is 75.0 Å². The molecule has 0 atom stereocenters. The molecule has 1 heterocycles. The Balaban J connectivity index is 2.19. The van der Waals surface area contributed by atoms with E-state index in [-0.39, 0.29) is 43.9 Å². The van der Waals surface area contributed by atoms with Gasteiger partial charge in [-0.3, -0.25) is 4.79 Å². The lowest BCUT2D eigenvalue weighted by Crippen LogP contribution is -2.52. The normalized spacial score (nSPS) is 11.3. The molecule has 1 aromatic carbocycles. The number of urea groups is 1. The minimum Gasteiger partial charge on any atom is -0.464 e. The van der Waals surface area contributed by atoms with Gasteiger partial charge in [-0.25, -0.2) is 9.18 Å². The second kappa shape index (κ2) is 10.9. The first-order chi connectivity index (χ1) is 14.6. The number of ether oxygens (including phenoxy) is 1. The van der Waals surface area contributed by atoms with Crippen molar-refractivity contribution in [3.63, 3.8) is 0 Å². The van der Waals surface area contributed by atoms with Crippen LogP contribution in [0.2, 0.25) is 0 Å². The number of carbonyl (C=O) groups is 2. The summed E-state index contributed by atoms with van der Waals surface area (Å²) in [5.74, 6) is 0.789. The van der Waals surface area contributed by atoms with E-state index in [0.29, 0.717) is 12.4 Å².